The second kappa shape index (κ2) is 43.9. The van der Waals surface area contributed by atoms with E-state index >= 15 is 0 Å². The Hall–Kier alpha value is -5.00. The van der Waals surface area contributed by atoms with Crippen molar-refractivity contribution < 1.29 is 95.0 Å². The van der Waals surface area contributed by atoms with E-state index in [-0.39, 0.29) is 194 Å². The fraction of sp³-hybridized carbons (Fsp3) is 0.796. The Morgan fingerprint density at radius 3 is 1.44 bits per heavy atom. The van der Waals surface area contributed by atoms with Crippen LogP contribution in [0, 0.1) is 82.5 Å². The molecule has 6 saturated heterocycles. The standard InChI is InChI=1S/C42H67NO10.C41H65NO10.C10H11ClN4/c1-11-26-13-12-14-35(53-37-16-15-34(43(6)7)24(4)49-37)23(3)38(45)33-20-31-29(32(33)21-36(44)51-26)17-22(2)28-18-27(19-30(28)31)52-42-41(48-10)40(47-9)39(46-8)25(5)50-42;1-10-26-12-11-13-34(52-36-17-16-33(42(5)6)23(3)48-36)22(2)37(44)32-20-30-28(31(32)21-35(43)50-26)15-14-25-18-27(19-29(25)30)51-41-40(47-9)39(46-8)38(45-7)24(4)49-41;1-8(14-7-12)15(2)6-9-3-4-10(11)13-5-9/h17,20,23-32,34-35,37,39-42H,11-16,18-19,21H2,1-10H3;14-15,20,22-31,33-34,36,38-41H,10-13,16-19,21H2,1-9H3;3-5H,6H2,1-2H3/t23-,24-,25+,26+,27-,28+,29-,30-,31-,32+,34+,35+,37+,39+,40-,41-,42+;22-,23-,24+,25-,26+,27-,28-,29-,30-,31+,33+,34+,36+,38+,39-,40-,41+;/m11./s1. The molecule has 0 bridgehead atoms. The highest BCUT2D eigenvalue weighted by atomic mass is 35.5. The van der Waals surface area contributed by atoms with Gasteiger partial charge in [-0.3, -0.25) is 19.2 Å². The van der Waals surface area contributed by atoms with Crippen molar-refractivity contribution in [3.05, 3.63) is 76.1 Å². The molecule has 27 heteroatoms. The van der Waals surface area contributed by atoms with Gasteiger partial charge < -0.3 is 90.5 Å². The van der Waals surface area contributed by atoms with E-state index in [0.717, 1.165) is 107 Å². The number of aliphatic imine (C=N–C) groups is 1. The average Bonchev–Trinajstić information content (AvgIpc) is 1.59. The second-order valence-corrected chi connectivity index (χ2v) is 37.0. The SMILES string of the molecule is CC(=NC#N)N(C)Cc1ccc(Cl)nc1.CC[C@H]1CCC[C@H](O[C@H]2CC[C@H](N(C)C)[C@@H](C)O2)[C@@H](C)C(=O)C2=C[C@@H]3[C@@H](C=C(C)[C@@H]4C[C@@H](O[C@@H]5O[C@@H](C)[C@H](OC)[C@@H](OC)[C@H]5OC)C[C@@H]34)[C@@H]2CC(=O)O1.CC[C@H]1CCC[C@H](O[C@H]2CC[C@H](N(C)C)[C@@H](C)O2)[C@@H](C)C(=O)C2=C[C@@H]3[C@@H](C=C[C@@H]4C[C@@H](O[C@@H]5O[C@@H](C)[C@H](OC)[C@@H](OC)[C@H]5OC)C[C@@H]34)[C@@H]2CC(=O)O1. The molecule has 8 fully saturated rings. The number of nitrogens with zero attached hydrogens (tertiary/aromatic N) is 6. The van der Waals surface area contributed by atoms with Crippen LogP contribution < -0.4 is 0 Å². The van der Waals surface area contributed by atoms with Crippen LogP contribution in [0.15, 0.2) is 70.4 Å². The number of hydrogen-bond donors (Lipinski definition) is 0. The summed E-state index contributed by atoms with van der Waals surface area (Å²) < 4.78 is 99.3. The highest BCUT2D eigenvalue weighted by Gasteiger charge is 2.57. The zero-order chi connectivity index (χ0) is 86.7. The Balaban J connectivity index is 0.000000200. The van der Waals surface area contributed by atoms with Crippen molar-refractivity contribution in [1.82, 2.24) is 19.7 Å². The second-order valence-electron chi connectivity index (χ2n) is 36.6. The van der Waals surface area contributed by atoms with Crippen LogP contribution in [0.2, 0.25) is 5.15 Å². The van der Waals surface area contributed by atoms with Gasteiger partial charge in [0.15, 0.2) is 36.7 Å². The summed E-state index contributed by atoms with van der Waals surface area (Å²) in [5.41, 5.74) is 3.86. The van der Waals surface area contributed by atoms with Crippen molar-refractivity contribution in [2.45, 2.75) is 326 Å². The zero-order valence-corrected chi connectivity index (χ0v) is 76.2. The van der Waals surface area contributed by atoms with E-state index in [4.69, 9.17) is 92.7 Å². The van der Waals surface area contributed by atoms with Gasteiger partial charge in [-0.2, -0.15) is 10.3 Å². The molecule has 26 nitrogen and oxygen atoms in total. The molecule has 2 saturated carbocycles. The van der Waals surface area contributed by atoms with Gasteiger partial charge in [0, 0.05) is 98.2 Å². The van der Waals surface area contributed by atoms with Crippen LogP contribution in [0.25, 0.3) is 0 Å². The fourth-order valence-corrected chi connectivity index (χ4v) is 22.3. The van der Waals surface area contributed by atoms with Gasteiger partial charge in [0.1, 0.15) is 59.8 Å². The van der Waals surface area contributed by atoms with Gasteiger partial charge >= 0.3 is 11.9 Å². The Morgan fingerprint density at radius 2 is 1.00 bits per heavy atom. The average molecular weight is 1700 g/mol. The molecule has 1 aromatic rings. The van der Waals surface area contributed by atoms with Crippen LogP contribution in [0.5, 0.6) is 0 Å². The number of ketones is 2. The van der Waals surface area contributed by atoms with Crippen LogP contribution in [-0.2, 0) is 102 Å². The molecule has 1 aromatic heterocycles. The smallest absolute Gasteiger partial charge is 0.306 e. The predicted octanol–water partition coefficient (Wildman–Crippen LogP) is 13.4. The summed E-state index contributed by atoms with van der Waals surface area (Å²) >= 11 is 5.67. The number of Topliss-reactive ketones (excluding diaryl/α,β-unsaturated/α-hetero) is 2. The Morgan fingerprint density at radius 1 is 0.533 bits per heavy atom. The third-order valence-corrected chi connectivity index (χ3v) is 29.1. The lowest BCUT2D eigenvalue weighted by Gasteiger charge is -2.44. The lowest BCUT2D eigenvalue weighted by molar-refractivity contribution is -0.314. The maximum Gasteiger partial charge on any atom is 0.306 e. The number of carbonyl (C=O) groups excluding carboxylic acids is 4. The number of hydrogen-bond acceptors (Lipinski definition) is 25. The molecule has 0 amide bonds. The summed E-state index contributed by atoms with van der Waals surface area (Å²) in [4.78, 5) is 70.4. The molecule has 34 atom stereocenters. The quantitative estimate of drug-likeness (QED) is 0.0293. The normalized spacial score (nSPS) is 41.2. The first-order valence-corrected chi connectivity index (χ1v) is 45.1. The van der Waals surface area contributed by atoms with Crippen LogP contribution in [-0.4, -0.2) is 262 Å². The Bertz CT molecular complexity index is 3730. The molecule has 6 aliphatic heterocycles. The summed E-state index contributed by atoms with van der Waals surface area (Å²) in [6, 6.07) is 4.31. The third kappa shape index (κ3) is 22.5. The van der Waals surface area contributed by atoms with E-state index in [1.54, 1.807) is 68.0 Å². The minimum Gasteiger partial charge on any atom is -0.462 e. The molecule has 0 spiro atoms. The van der Waals surface area contributed by atoms with Gasteiger partial charge in [0.25, 0.3) is 0 Å². The molecular formula is C93H143ClN6O20. The molecule has 120 heavy (non-hydrogen) atoms. The number of halogens is 1. The fourth-order valence-electron chi connectivity index (χ4n) is 22.2. The summed E-state index contributed by atoms with van der Waals surface area (Å²) in [6.07, 6.45) is 22.9. The first kappa shape index (κ1) is 95.7. The van der Waals surface area contributed by atoms with Crippen LogP contribution in [0.1, 0.15) is 190 Å². The number of cyclic esters (lactones) is 2. The number of esters is 2. The Kier molecular flexibility index (Phi) is 35.0. The number of fused-ring (bicyclic) bond motifs is 10. The summed E-state index contributed by atoms with van der Waals surface area (Å²) in [6.45, 7) is 21.0. The monoisotopic (exact) mass is 1700 g/mol. The number of carbonyl (C=O) groups is 4. The van der Waals surface area contributed by atoms with E-state index < -0.39 is 24.8 Å². The van der Waals surface area contributed by atoms with Crippen molar-refractivity contribution in [3.8, 4) is 6.19 Å². The predicted molar refractivity (Wildman–Crippen MR) is 453 cm³/mol. The van der Waals surface area contributed by atoms with Gasteiger partial charge in [-0.15, -0.1) is 0 Å². The first-order valence-electron chi connectivity index (χ1n) is 44.7. The number of rotatable bonds is 20. The maximum absolute atomic E-state index is 14.7. The molecule has 0 N–H and O–H groups in total. The van der Waals surface area contributed by atoms with Gasteiger partial charge in [0.05, 0.1) is 61.7 Å². The number of likely N-dealkylation sites (N-methyl/N-ethyl adjacent to an activating group) is 2. The number of allylic oxidation sites excluding steroid dienone is 8. The van der Waals surface area contributed by atoms with Crippen LogP contribution >= 0.6 is 11.6 Å². The number of methoxy groups -OCH3 is 6. The molecular weight excluding hydrogens is 1560 g/mol. The number of pyridine rings is 1. The van der Waals surface area contributed by atoms with Crippen molar-refractivity contribution in [2.24, 2.45) is 76.0 Å². The minimum absolute atomic E-state index is 0.0364. The van der Waals surface area contributed by atoms with Gasteiger partial charge in [-0.05, 0) is 243 Å². The van der Waals surface area contributed by atoms with Crippen molar-refractivity contribution in [3.63, 3.8) is 0 Å². The van der Waals surface area contributed by atoms with Gasteiger partial charge in [-0.25, -0.2) is 4.98 Å². The summed E-state index contributed by atoms with van der Waals surface area (Å²) in [7, 11) is 20.2. The van der Waals surface area contributed by atoms with Crippen LogP contribution in [0.4, 0.5) is 0 Å². The van der Waals surface area contributed by atoms with E-state index in [1.165, 1.54) is 5.57 Å². The van der Waals surface area contributed by atoms with E-state index in [2.05, 4.69) is 113 Å². The lowest BCUT2D eigenvalue weighted by Crippen LogP contribution is -2.59. The van der Waals surface area contributed by atoms with Crippen molar-refractivity contribution in [2.75, 3.05) is 77.9 Å². The topological polar surface area (TPSA) is 275 Å². The number of aromatic nitrogens is 1. The summed E-state index contributed by atoms with van der Waals surface area (Å²) in [5.74, 6) is 0.703. The highest BCUT2D eigenvalue weighted by Crippen LogP contribution is 2.58. The van der Waals surface area contributed by atoms with E-state index in [0.29, 0.717) is 54.3 Å². The Labute approximate surface area is 719 Å². The third-order valence-electron chi connectivity index (χ3n) is 28.9. The number of amidine groups is 1. The lowest BCUT2D eigenvalue weighted by atomic mass is 9.67. The van der Waals surface area contributed by atoms with Gasteiger partial charge in [-0.1, -0.05) is 81.3 Å². The number of nitriles is 1. The van der Waals surface area contributed by atoms with Crippen LogP contribution in [0.3, 0.4) is 0 Å². The van der Waals surface area contributed by atoms with E-state index in [9.17, 15) is 19.2 Å². The first-order chi connectivity index (χ1) is 57.5. The molecule has 12 aliphatic rings. The largest absolute Gasteiger partial charge is 0.462 e. The van der Waals surface area contributed by atoms with Gasteiger partial charge in [0.2, 0.25) is 6.19 Å². The zero-order valence-electron chi connectivity index (χ0n) is 75.4. The molecule has 13 rings (SSSR count). The minimum atomic E-state index is -0.598. The molecule has 0 radical (unpaired) electrons. The molecule has 0 aromatic carbocycles. The number of ether oxygens (including phenoxy) is 16. The molecule has 6 aliphatic carbocycles. The highest BCUT2D eigenvalue weighted by molar-refractivity contribution is 6.29. The summed E-state index contributed by atoms with van der Waals surface area (Å²) in [5, 5.41) is 8.87. The molecule has 0 unspecified atom stereocenters. The molecule has 672 valence electrons. The molecule has 7 heterocycles. The van der Waals surface area contributed by atoms with Crippen molar-refractivity contribution in [1.29, 1.82) is 5.26 Å². The van der Waals surface area contributed by atoms with E-state index in [1.807, 2.05) is 45.7 Å². The van der Waals surface area contributed by atoms with Crippen molar-refractivity contribution >= 4 is 40.9 Å². The maximum atomic E-state index is 14.7.